The van der Waals surface area contributed by atoms with Gasteiger partial charge in [-0.1, -0.05) is 42.5 Å². The number of aryl methyl sites for hydroxylation is 1. The van der Waals surface area contributed by atoms with E-state index in [0.29, 0.717) is 17.5 Å². The number of nitriles is 1. The van der Waals surface area contributed by atoms with E-state index >= 15 is 0 Å². The van der Waals surface area contributed by atoms with Crippen LogP contribution >= 0.6 is 0 Å². The molecule has 1 atom stereocenters. The molecule has 0 amide bonds. The van der Waals surface area contributed by atoms with E-state index in [-0.39, 0.29) is 0 Å². The van der Waals surface area contributed by atoms with Gasteiger partial charge in [-0.25, -0.2) is 4.98 Å². The Morgan fingerprint density at radius 1 is 1.14 bits per heavy atom. The van der Waals surface area contributed by atoms with Gasteiger partial charge in [0.1, 0.15) is 11.8 Å². The Morgan fingerprint density at radius 2 is 1.93 bits per heavy atom. The van der Waals surface area contributed by atoms with Crippen LogP contribution in [0.5, 0.6) is 0 Å². The molecule has 4 nitrogen and oxygen atoms in total. The zero-order valence-electron chi connectivity index (χ0n) is 16.5. The van der Waals surface area contributed by atoms with E-state index in [9.17, 15) is 5.26 Å². The number of likely N-dealkylation sites (tertiary alicyclic amines) is 1. The van der Waals surface area contributed by atoms with Gasteiger partial charge in [-0.15, -0.1) is 0 Å². The van der Waals surface area contributed by atoms with E-state index in [2.05, 4.69) is 17.9 Å². The molecule has 0 unspecified atom stereocenters. The third kappa shape index (κ3) is 3.58. The molecule has 142 valence electrons. The summed E-state index contributed by atoms with van der Waals surface area (Å²) in [6.07, 6.45) is 3.43. The predicted molar refractivity (Wildman–Crippen MR) is 111 cm³/mol. The van der Waals surface area contributed by atoms with Gasteiger partial charge in [0.2, 0.25) is 5.89 Å². The molecule has 0 bridgehead atoms. The number of aromatic nitrogens is 1. The fourth-order valence-corrected chi connectivity index (χ4v) is 4.06. The molecule has 4 heteroatoms. The highest BCUT2D eigenvalue weighted by Gasteiger charge is 2.22. The first-order valence-corrected chi connectivity index (χ1v) is 9.96. The van der Waals surface area contributed by atoms with Gasteiger partial charge in [-0.05, 0) is 44.9 Å². The summed E-state index contributed by atoms with van der Waals surface area (Å²) in [5.41, 5.74) is 4.28. The molecule has 1 saturated heterocycles. The molecule has 0 N–H and O–H groups in total. The van der Waals surface area contributed by atoms with Gasteiger partial charge in [0.05, 0.1) is 16.8 Å². The molecule has 2 heterocycles. The molecular formula is C24H25N3O. The molecule has 0 radical (unpaired) electrons. The first-order valence-electron chi connectivity index (χ1n) is 9.96. The molecule has 1 fully saturated rings. The van der Waals surface area contributed by atoms with Crippen LogP contribution in [0.25, 0.3) is 22.6 Å². The molecule has 0 saturated carbocycles. The maximum Gasteiger partial charge on any atom is 0.227 e. The lowest BCUT2D eigenvalue weighted by Crippen LogP contribution is -2.29. The fourth-order valence-electron chi connectivity index (χ4n) is 4.06. The summed E-state index contributed by atoms with van der Waals surface area (Å²) in [6, 6.07) is 18.8. The van der Waals surface area contributed by atoms with Gasteiger partial charge in [0, 0.05) is 24.6 Å². The van der Waals surface area contributed by atoms with Crippen molar-refractivity contribution in [3.05, 3.63) is 65.5 Å². The Balaban J connectivity index is 1.64. The van der Waals surface area contributed by atoms with Crippen molar-refractivity contribution >= 4 is 0 Å². The average Bonchev–Trinajstić information content (AvgIpc) is 3.31. The minimum Gasteiger partial charge on any atom is -0.441 e. The number of oxazole rings is 1. The maximum absolute atomic E-state index is 9.85. The topological polar surface area (TPSA) is 53.1 Å². The summed E-state index contributed by atoms with van der Waals surface area (Å²) in [7, 11) is 0. The lowest BCUT2D eigenvalue weighted by Gasteiger charge is -2.20. The zero-order chi connectivity index (χ0) is 19.5. The van der Waals surface area contributed by atoms with Crippen LogP contribution in [0.3, 0.4) is 0 Å². The van der Waals surface area contributed by atoms with Crippen molar-refractivity contribution in [1.29, 1.82) is 5.26 Å². The molecular weight excluding hydrogens is 346 g/mol. The van der Waals surface area contributed by atoms with Crippen molar-refractivity contribution in [2.45, 2.75) is 39.2 Å². The van der Waals surface area contributed by atoms with Gasteiger partial charge in [0.15, 0.2) is 0 Å². The molecule has 2 aromatic carbocycles. The van der Waals surface area contributed by atoms with Crippen LogP contribution in [0, 0.1) is 18.3 Å². The normalized spacial score (nSPS) is 17.0. The average molecular weight is 371 g/mol. The predicted octanol–water partition coefficient (Wildman–Crippen LogP) is 5.22. The van der Waals surface area contributed by atoms with Crippen molar-refractivity contribution in [2.75, 3.05) is 13.1 Å². The second kappa shape index (κ2) is 8.00. The summed E-state index contributed by atoms with van der Waals surface area (Å²) in [5, 5.41) is 9.85. The van der Waals surface area contributed by atoms with Gasteiger partial charge in [-0.2, -0.15) is 5.26 Å². The first-order chi connectivity index (χ1) is 13.7. The van der Waals surface area contributed by atoms with E-state index in [1.54, 1.807) is 0 Å². The van der Waals surface area contributed by atoms with E-state index in [1.807, 2.05) is 55.5 Å². The summed E-state index contributed by atoms with van der Waals surface area (Å²) < 4.78 is 6.00. The quantitative estimate of drug-likeness (QED) is 0.617. The Hall–Kier alpha value is -2.90. The number of hydrogen-bond donors (Lipinski definition) is 0. The summed E-state index contributed by atoms with van der Waals surface area (Å²) in [6.45, 7) is 6.43. The zero-order valence-corrected chi connectivity index (χ0v) is 16.5. The van der Waals surface area contributed by atoms with Crippen molar-refractivity contribution < 1.29 is 4.42 Å². The van der Waals surface area contributed by atoms with Gasteiger partial charge < -0.3 is 9.32 Å². The van der Waals surface area contributed by atoms with Gasteiger partial charge in [0.25, 0.3) is 0 Å². The molecule has 3 aromatic rings. The monoisotopic (exact) mass is 371 g/mol. The Bertz CT molecular complexity index is 1000. The molecule has 0 spiro atoms. The smallest absolute Gasteiger partial charge is 0.227 e. The van der Waals surface area contributed by atoms with Crippen molar-refractivity contribution in [3.63, 3.8) is 0 Å². The molecule has 28 heavy (non-hydrogen) atoms. The van der Waals surface area contributed by atoms with E-state index in [1.165, 1.54) is 19.4 Å². The van der Waals surface area contributed by atoms with Crippen LogP contribution in [-0.4, -0.2) is 29.0 Å². The second-order valence-electron chi connectivity index (χ2n) is 7.51. The number of benzene rings is 2. The maximum atomic E-state index is 9.85. The number of rotatable bonds is 5. The van der Waals surface area contributed by atoms with Gasteiger partial charge in [-0.3, -0.25) is 0 Å². The Labute approximate surface area is 166 Å². The van der Waals surface area contributed by atoms with Crippen LogP contribution < -0.4 is 0 Å². The highest BCUT2D eigenvalue weighted by atomic mass is 16.4. The highest BCUT2D eigenvalue weighted by molar-refractivity contribution is 5.79. The molecule has 4 rings (SSSR count). The summed E-state index contributed by atoms with van der Waals surface area (Å²) >= 11 is 0. The van der Waals surface area contributed by atoms with Crippen molar-refractivity contribution in [1.82, 2.24) is 9.88 Å². The lowest BCUT2D eigenvalue weighted by molar-refractivity contribution is 0.271. The highest BCUT2D eigenvalue weighted by Crippen LogP contribution is 2.32. The Kier molecular flexibility index (Phi) is 5.27. The molecule has 1 aliphatic heterocycles. The summed E-state index contributed by atoms with van der Waals surface area (Å²) in [5.74, 6) is 1.38. The van der Waals surface area contributed by atoms with Gasteiger partial charge >= 0.3 is 0 Å². The largest absolute Gasteiger partial charge is 0.441 e. The number of nitrogens with zero attached hydrogens (tertiary/aromatic N) is 3. The van der Waals surface area contributed by atoms with E-state index in [4.69, 9.17) is 9.40 Å². The SMILES string of the molecule is Cc1oc(-c2cccc(-c3ccccc3)c2C#N)nc1CCN1CCC[C@H]1C. The fraction of sp³-hybridized carbons (Fsp3) is 0.333. The van der Waals surface area contributed by atoms with Crippen molar-refractivity contribution in [2.24, 2.45) is 0 Å². The van der Waals surface area contributed by atoms with E-state index in [0.717, 1.165) is 41.1 Å². The third-order valence-electron chi connectivity index (χ3n) is 5.71. The van der Waals surface area contributed by atoms with Crippen LogP contribution in [-0.2, 0) is 6.42 Å². The molecule has 1 aromatic heterocycles. The standard InChI is InChI=1S/C24H25N3O/c1-17-8-7-14-27(17)15-13-23-18(2)28-24(26-23)21-12-6-11-20(22(21)16-25)19-9-4-3-5-10-19/h3-6,9-12,17H,7-8,13-15H2,1-2H3/t17-/m1/s1. The van der Waals surface area contributed by atoms with Crippen LogP contribution in [0.2, 0.25) is 0 Å². The summed E-state index contributed by atoms with van der Waals surface area (Å²) in [4.78, 5) is 7.28. The molecule has 1 aliphatic rings. The molecule has 0 aliphatic carbocycles. The Morgan fingerprint density at radius 3 is 2.64 bits per heavy atom. The minimum absolute atomic E-state index is 0.538. The number of hydrogen-bond acceptors (Lipinski definition) is 4. The van der Waals surface area contributed by atoms with E-state index < -0.39 is 0 Å². The third-order valence-corrected chi connectivity index (χ3v) is 5.71. The second-order valence-corrected chi connectivity index (χ2v) is 7.51. The van der Waals surface area contributed by atoms with Crippen LogP contribution in [0.15, 0.2) is 52.9 Å². The van der Waals surface area contributed by atoms with Crippen LogP contribution in [0.1, 0.15) is 36.8 Å². The minimum atomic E-state index is 0.538. The lowest BCUT2D eigenvalue weighted by atomic mass is 9.96. The van der Waals surface area contributed by atoms with Crippen LogP contribution in [0.4, 0.5) is 0 Å². The van der Waals surface area contributed by atoms with Crippen molar-refractivity contribution in [3.8, 4) is 28.7 Å². The first kappa shape index (κ1) is 18.5.